The Morgan fingerprint density at radius 1 is 0.929 bits per heavy atom. The van der Waals surface area contributed by atoms with E-state index >= 15 is 0 Å². The zero-order valence-electron chi connectivity index (χ0n) is 15.8. The summed E-state index contributed by atoms with van der Waals surface area (Å²) in [5.41, 5.74) is 6.02. The van der Waals surface area contributed by atoms with Crippen LogP contribution < -0.4 is 0 Å². The van der Waals surface area contributed by atoms with Gasteiger partial charge in [0.15, 0.2) is 0 Å². The fourth-order valence-electron chi connectivity index (χ4n) is 3.64. The number of halogens is 1. The number of fused-ring (bicyclic) bond motifs is 1. The molecule has 4 rings (SSSR count). The number of nitriles is 1. The van der Waals surface area contributed by atoms with E-state index in [2.05, 4.69) is 82.9 Å². The number of aryl methyl sites for hydroxylation is 1. The van der Waals surface area contributed by atoms with Crippen LogP contribution in [0.4, 0.5) is 0 Å². The molecule has 0 aliphatic heterocycles. The quantitative estimate of drug-likeness (QED) is 0.321. The number of hydrogen-bond donors (Lipinski definition) is 0. The predicted molar refractivity (Wildman–Crippen MR) is 120 cm³/mol. The second-order valence-corrected chi connectivity index (χ2v) is 7.79. The summed E-state index contributed by atoms with van der Waals surface area (Å²) in [7, 11) is 0. The second-order valence-electron chi connectivity index (χ2n) is 6.87. The van der Waals surface area contributed by atoms with E-state index in [1.807, 2.05) is 36.4 Å². The van der Waals surface area contributed by atoms with E-state index in [4.69, 9.17) is 0 Å². The molecule has 0 aliphatic rings. The molecule has 4 aromatic rings. The van der Waals surface area contributed by atoms with Crippen LogP contribution in [-0.2, 0) is 0 Å². The van der Waals surface area contributed by atoms with Gasteiger partial charge in [-0.15, -0.1) is 0 Å². The summed E-state index contributed by atoms with van der Waals surface area (Å²) in [6.45, 7) is 4.18. The molecule has 136 valence electrons. The molecule has 0 amide bonds. The van der Waals surface area contributed by atoms with Gasteiger partial charge in [-0.2, -0.15) is 5.26 Å². The van der Waals surface area contributed by atoms with E-state index in [0.29, 0.717) is 5.57 Å². The SMILES string of the molecule is Cc1cc(/C=C(/C#N)c2ccc3ccccc3c2)c(C)n1-c1cccc(Br)c1. The van der Waals surface area contributed by atoms with E-state index < -0.39 is 0 Å². The van der Waals surface area contributed by atoms with Crippen molar-refractivity contribution < 1.29 is 0 Å². The fourth-order valence-corrected chi connectivity index (χ4v) is 4.03. The van der Waals surface area contributed by atoms with Gasteiger partial charge in [-0.05, 0) is 72.2 Å². The molecule has 0 radical (unpaired) electrons. The first-order chi connectivity index (χ1) is 13.6. The first-order valence-corrected chi connectivity index (χ1v) is 9.92. The highest BCUT2D eigenvalue weighted by molar-refractivity contribution is 9.10. The molecule has 0 N–H and O–H groups in total. The first kappa shape index (κ1) is 18.3. The molecule has 3 heteroatoms. The molecular formula is C25H19BrN2. The lowest BCUT2D eigenvalue weighted by Crippen LogP contribution is -1.98. The number of rotatable bonds is 3. The molecule has 0 bridgehead atoms. The highest BCUT2D eigenvalue weighted by Gasteiger charge is 2.11. The summed E-state index contributed by atoms with van der Waals surface area (Å²) in [4.78, 5) is 0. The number of nitrogens with zero attached hydrogens (tertiary/aromatic N) is 2. The van der Waals surface area contributed by atoms with Gasteiger partial charge in [-0.25, -0.2) is 0 Å². The minimum Gasteiger partial charge on any atom is -0.318 e. The maximum atomic E-state index is 9.80. The summed E-state index contributed by atoms with van der Waals surface area (Å²) in [6, 6.07) is 27.1. The van der Waals surface area contributed by atoms with Crippen LogP contribution >= 0.6 is 15.9 Å². The average Bonchev–Trinajstić information content (AvgIpc) is 2.98. The summed E-state index contributed by atoms with van der Waals surface area (Å²) in [5, 5.41) is 12.1. The Balaban J connectivity index is 1.80. The zero-order chi connectivity index (χ0) is 19.7. The van der Waals surface area contributed by atoms with Crippen LogP contribution in [0.15, 0.2) is 77.3 Å². The van der Waals surface area contributed by atoms with Crippen LogP contribution in [0.1, 0.15) is 22.5 Å². The monoisotopic (exact) mass is 426 g/mol. The van der Waals surface area contributed by atoms with Gasteiger partial charge >= 0.3 is 0 Å². The van der Waals surface area contributed by atoms with E-state index in [0.717, 1.165) is 38.1 Å². The molecule has 2 nitrogen and oxygen atoms in total. The molecule has 1 aromatic heterocycles. The highest BCUT2D eigenvalue weighted by atomic mass is 79.9. The minimum atomic E-state index is 0.667. The third kappa shape index (κ3) is 3.40. The Morgan fingerprint density at radius 2 is 1.71 bits per heavy atom. The van der Waals surface area contributed by atoms with Crippen molar-refractivity contribution in [2.75, 3.05) is 0 Å². The maximum absolute atomic E-state index is 9.80. The van der Waals surface area contributed by atoms with Crippen LogP contribution in [0, 0.1) is 25.2 Å². The maximum Gasteiger partial charge on any atom is 0.0998 e. The van der Waals surface area contributed by atoms with E-state index in [1.165, 1.54) is 5.39 Å². The van der Waals surface area contributed by atoms with E-state index in [-0.39, 0.29) is 0 Å². The van der Waals surface area contributed by atoms with Crippen molar-refractivity contribution in [3.05, 3.63) is 99.8 Å². The Hall–Kier alpha value is -3.09. The summed E-state index contributed by atoms with van der Waals surface area (Å²) >= 11 is 3.55. The Labute approximate surface area is 173 Å². The fraction of sp³-hybridized carbons (Fsp3) is 0.0800. The Morgan fingerprint density at radius 3 is 2.46 bits per heavy atom. The largest absolute Gasteiger partial charge is 0.318 e. The zero-order valence-corrected chi connectivity index (χ0v) is 17.4. The van der Waals surface area contributed by atoms with Crippen LogP contribution in [0.25, 0.3) is 28.1 Å². The molecular weight excluding hydrogens is 408 g/mol. The van der Waals surface area contributed by atoms with Crippen molar-refractivity contribution in [2.45, 2.75) is 13.8 Å². The molecule has 0 saturated heterocycles. The third-order valence-corrected chi connectivity index (χ3v) is 5.51. The predicted octanol–water partition coefficient (Wildman–Crippen LogP) is 7.07. The Kier molecular flexibility index (Phi) is 4.90. The molecule has 0 aliphatic carbocycles. The van der Waals surface area contributed by atoms with Crippen molar-refractivity contribution in [2.24, 2.45) is 0 Å². The number of aromatic nitrogens is 1. The van der Waals surface area contributed by atoms with Crippen molar-refractivity contribution in [1.29, 1.82) is 5.26 Å². The first-order valence-electron chi connectivity index (χ1n) is 9.12. The van der Waals surface area contributed by atoms with Crippen molar-refractivity contribution in [3.63, 3.8) is 0 Å². The van der Waals surface area contributed by atoms with Crippen LogP contribution in [0.5, 0.6) is 0 Å². The van der Waals surface area contributed by atoms with Gasteiger partial charge in [0.25, 0.3) is 0 Å². The summed E-state index contributed by atoms with van der Waals surface area (Å²) in [6.07, 6.45) is 1.99. The van der Waals surface area contributed by atoms with Crippen LogP contribution in [-0.4, -0.2) is 4.57 Å². The van der Waals surface area contributed by atoms with Gasteiger partial charge in [0.05, 0.1) is 11.6 Å². The van der Waals surface area contributed by atoms with Gasteiger partial charge in [0.2, 0.25) is 0 Å². The average molecular weight is 427 g/mol. The van der Waals surface area contributed by atoms with Gasteiger partial charge in [-0.3, -0.25) is 0 Å². The van der Waals surface area contributed by atoms with Crippen molar-refractivity contribution in [1.82, 2.24) is 4.57 Å². The molecule has 28 heavy (non-hydrogen) atoms. The van der Waals surface area contributed by atoms with Gasteiger partial charge in [-0.1, -0.05) is 58.4 Å². The normalized spacial score (nSPS) is 11.6. The van der Waals surface area contributed by atoms with Gasteiger partial charge < -0.3 is 4.57 Å². The molecule has 0 atom stereocenters. The summed E-state index contributed by atoms with van der Waals surface area (Å²) in [5.74, 6) is 0. The molecule has 0 unspecified atom stereocenters. The second kappa shape index (κ2) is 7.50. The molecule has 0 saturated carbocycles. The Bertz CT molecular complexity index is 1260. The summed E-state index contributed by atoms with van der Waals surface area (Å²) < 4.78 is 3.26. The third-order valence-electron chi connectivity index (χ3n) is 5.02. The number of hydrogen-bond acceptors (Lipinski definition) is 1. The molecule has 1 heterocycles. The van der Waals surface area contributed by atoms with Gasteiger partial charge in [0.1, 0.15) is 0 Å². The van der Waals surface area contributed by atoms with Crippen molar-refractivity contribution >= 4 is 38.4 Å². The lowest BCUT2D eigenvalue weighted by molar-refractivity contribution is 0.963. The lowest BCUT2D eigenvalue weighted by atomic mass is 10.0. The smallest absolute Gasteiger partial charge is 0.0998 e. The topological polar surface area (TPSA) is 28.7 Å². The number of benzene rings is 3. The molecule has 3 aromatic carbocycles. The van der Waals surface area contributed by atoms with Crippen molar-refractivity contribution in [3.8, 4) is 11.8 Å². The van der Waals surface area contributed by atoms with E-state index in [1.54, 1.807) is 0 Å². The molecule has 0 spiro atoms. The number of allylic oxidation sites excluding steroid dienone is 1. The highest BCUT2D eigenvalue weighted by Crippen LogP contribution is 2.27. The lowest BCUT2D eigenvalue weighted by Gasteiger charge is -2.10. The molecule has 0 fully saturated rings. The standard InChI is InChI=1S/C25H19BrN2/c1-17-12-22(18(2)28(17)25-9-5-8-24(26)15-25)14-23(16-27)21-11-10-19-6-3-4-7-20(19)13-21/h3-15H,1-2H3/b23-14-. The van der Waals surface area contributed by atoms with Gasteiger partial charge in [0, 0.05) is 21.5 Å². The van der Waals surface area contributed by atoms with E-state index in [9.17, 15) is 5.26 Å². The van der Waals surface area contributed by atoms with Crippen LogP contribution in [0.2, 0.25) is 0 Å². The van der Waals surface area contributed by atoms with Crippen LogP contribution in [0.3, 0.4) is 0 Å². The minimum absolute atomic E-state index is 0.667.